The Morgan fingerprint density at radius 2 is 1.96 bits per heavy atom. The van der Waals surface area contributed by atoms with Gasteiger partial charge in [0.15, 0.2) is 0 Å². The van der Waals surface area contributed by atoms with E-state index in [1.807, 2.05) is 32.6 Å². The van der Waals surface area contributed by atoms with Gasteiger partial charge in [-0.2, -0.15) is 0 Å². The molecule has 0 aliphatic carbocycles. The van der Waals surface area contributed by atoms with Crippen molar-refractivity contribution in [3.05, 3.63) is 23.4 Å². The molecule has 2 aliphatic heterocycles. The Bertz CT molecular complexity index is 621. The van der Waals surface area contributed by atoms with Crippen LogP contribution in [0.1, 0.15) is 50.9 Å². The normalized spacial score (nSPS) is 21.5. The second-order valence-corrected chi connectivity index (χ2v) is 7.78. The summed E-state index contributed by atoms with van der Waals surface area (Å²) in [6.45, 7) is 11.7. The quantitative estimate of drug-likeness (QED) is 0.822. The number of nitrogens with zero attached hydrogens (tertiary/aromatic N) is 3. The highest BCUT2D eigenvalue weighted by Gasteiger charge is 2.34. The first kappa shape index (κ1) is 18.0. The maximum absolute atomic E-state index is 12.5. The molecule has 1 aromatic rings. The minimum atomic E-state index is -0.474. The molecule has 0 radical (unpaired) electrons. The molecular formula is C19H29N3O3. The SMILES string of the molecule is Cc1nc(N2CCOCC2)ccc1[C@H]1CCCN1C(=O)OC(C)(C)C. The predicted molar refractivity (Wildman–Crippen MR) is 96.9 cm³/mol. The number of aryl methyl sites for hydroxylation is 1. The molecule has 1 atom stereocenters. The summed E-state index contributed by atoms with van der Waals surface area (Å²) in [7, 11) is 0. The van der Waals surface area contributed by atoms with Gasteiger partial charge in [0, 0.05) is 25.3 Å². The van der Waals surface area contributed by atoms with E-state index >= 15 is 0 Å². The van der Waals surface area contributed by atoms with Crippen molar-refractivity contribution in [2.75, 3.05) is 37.7 Å². The van der Waals surface area contributed by atoms with Gasteiger partial charge in [0.25, 0.3) is 0 Å². The Balaban J connectivity index is 1.77. The fourth-order valence-corrected chi connectivity index (χ4v) is 3.51. The number of anilines is 1. The molecule has 138 valence electrons. The molecule has 0 saturated carbocycles. The summed E-state index contributed by atoms with van der Waals surface area (Å²) in [5.74, 6) is 0.992. The molecular weight excluding hydrogens is 318 g/mol. The van der Waals surface area contributed by atoms with E-state index in [0.29, 0.717) is 0 Å². The summed E-state index contributed by atoms with van der Waals surface area (Å²) in [4.78, 5) is 21.4. The maximum Gasteiger partial charge on any atom is 0.410 e. The molecule has 2 saturated heterocycles. The first-order valence-corrected chi connectivity index (χ1v) is 9.15. The van der Waals surface area contributed by atoms with Gasteiger partial charge in [-0.1, -0.05) is 6.07 Å². The van der Waals surface area contributed by atoms with E-state index in [0.717, 1.165) is 62.8 Å². The number of aromatic nitrogens is 1. The number of ether oxygens (including phenoxy) is 2. The van der Waals surface area contributed by atoms with Crippen LogP contribution in [0.3, 0.4) is 0 Å². The number of hydrogen-bond donors (Lipinski definition) is 0. The van der Waals surface area contributed by atoms with Gasteiger partial charge in [-0.05, 0) is 52.2 Å². The van der Waals surface area contributed by atoms with E-state index in [-0.39, 0.29) is 12.1 Å². The highest BCUT2D eigenvalue weighted by molar-refractivity contribution is 5.69. The molecule has 2 fully saturated rings. The Morgan fingerprint density at radius 1 is 1.24 bits per heavy atom. The standard InChI is InChI=1S/C19H29N3O3/c1-14-15(7-8-17(20-14)21-10-12-24-13-11-21)16-6-5-9-22(16)18(23)25-19(2,3)4/h7-8,16H,5-6,9-13H2,1-4H3/t16-/m1/s1. The lowest BCUT2D eigenvalue weighted by Gasteiger charge is -2.31. The number of likely N-dealkylation sites (tertiary alicyclic amines) is 1. The molecule has 6 heteroatoms. The number of morpholine rings is 1. The molecule has 1 aromatic heterocycles. The average Bonchev–Trinajstić information content (AvgIpc) is 3.03. The monoisotopic (exact) mass is 347 g/mol. The van der Waals surface area contributed by atoms with E-state index in [2.05, 4.69) is 17.0 Å². The van der Waals surface area contributed by atoms with Gasteiger partial charge >= 0.3 is 6.09 Å². The van der Waals surface area contributed by atoms with Crippen LogP contribution < -0.4 is 4.90 Å². The van der Waals surface area contributed by atoms with Crippen LogP contribution in [-0.4, -0.2) is 54.4 Å². The zero-order chi connectivity index (χ0) is 18.0. The molecule has 3 heterocycles. The average molecular weight is 347 g/mol. The van der Waals surface area contributed by atoms with Crippen molar-refractivity contribution in [3.63, 3.8) is 0 Å². The molecule has 0 unspecified atom stereocenters. The third-order valence-corrected chi connectivity index (χ3v) is 4.69. The zero-order valence-corrected chi connectivity index (χ0v) is 15.7. The smallest absolute Gasteiger partial charge is 0.410 e. The lowest BCUT2D eigenvalue weighted by Crippen LogP contribution is -2.37. The van der Waals surface area contributed by atoms with E-state index in [4.69, 9.17) is 14.5 Å². The molecule has 0 aromatic carbocycles. The van der Waals surface area contributed by atoms with E-state index in [1.165, 1.54) is 0 Å². The molecule has 0 bridgehead atoms. The second kappa shape index (κ2) is 7.20. The van der Waals surface area contributed by atoms with E-state index in [9.17, 15) is 4.79 Å². The third kappa shape index (κ3) is 4.24. The van der Waals surface area contributed by atoms with Gasteiger partial charge in [0.1, 0.15) is 11.4 Å². The molecule has 6 nitrogen and oxygen atoms in total. The fraction of sp³-hybridized carbons (Fsp3) is 0.684. The van der Waals surface area contributed by atoms with Crippen LogP contribution in [0.2, 0.25) is 0 Å². The van der Waals surface area contributed by atoms with Crippen LogP contribution >= 0.6 is 0 Å². The lowest BCUT2D eigenvalue weighted by atomic mass is 10.0. The van der Waals surface area contributed by atoms with E-state index < -0.39 is 5.60 Å². The zero-order valence-electron chi connectivity index (χ0n) is 15.7. The molecule has 0 N–H and O–H groups in total. The molecule has 3 rings (SSSR count). The minimum Gasteiger partial charge on any atom is -0.444 e. The van der Waals surface area contributed by atoms with Crippen LogP contribution in [0.15, 0.2) is 12.1 Å². The molecule has 2 aliphatic rings. The van der Waals surface area contributed by atoms with Crippen molar-refractivity contribution in [1.29, 1.82) is 0 Å². The lowest BCUT2D eigenvalue weighted by molar-refractivity contribution is 0.0224. The predicted octanol–water partition coefficient (Wildman–Crippen LogP) is 3.30. The first-order chi connectivity index (χ1) is 11.8. The summed E-state index contributed by atoms with van der Waals surface area (Å²) < 4.78 is 11.0. The van der Waals surface area contributed by atoms with Gasteiger partial charge in [-0.15, -0.1) is 0 Å². The summed E-state index contributed by atoms with van der Waals surface area (Å²) >= 11 is 0. The summed E-state index contributed by atoms with van der Waals surface area (Å²) in [5, 5.41) is 0. The minimum absolute atomic E-state index is 0.0566. The topological polar surface area (TPSA) is 54.9 Å². The number of carbonyl (C=O) groups is 1. The van der Waals surface area contributed by atoms with E-state index in [1.54, 1.807) is 0 Å². The van der Waals surface area contributed by atoms with Crippen molar-refractivity contribution in [3.8, 4) is 0 Å². The van der Waals surface area contributed by atoms with Crippen LogP contribution in [-0.2, 0) is 9.47 Å². The molecule has 1 amide bonds. The maximum atomic E-state index is 12.5. The number of rotatable bonds is 2. The summed E-state index contributed by atoms with van der Waals surface area (Å²) in [6.07, 6.45) is 1.72. The Hall–Kier alpha value is -1.82. The van der Waals surface area contributed by atoms with Crippen molar-refractivity contribution >= 4 is 11.9 Å². The van der Waals surface area contributed by atoms with Gasteiger partial charge in [0.2, 0.25) is 0 Å². The van der Waals surface area contributed by atoms with Crippen molar-refractivity contribution in [1.82, 2.24) is 9.88 Å². The van der Waals surface area contributed by atoms with Gasteiger partial charge in [0.05, 0.1) is 19.3 Å². The van der Waals surface area contributed by atoms with Crippen molar-refractivity contribution in [2.45, 2.75) is 52.2 Å². The Kier molecular flexibility index (Phi) is 5.18. The van der Waals surface area contributed by atoms with Crippen molar-refractivity contribution < 1.29 is 14.3 Å². The van der Waals surface area contributed by atoms with Crippen LogP contribution in [0.5, 0.6) is 0 Å². The molecule has 0 spiro atoms. The number of pyridine rings is 1. The van der Waals surface area contributed by atoms with Crippen molar-refractivity contribution in [2.24, 2.45) is 0 Å². The highest BCUT2D eigenvalue weighted by atomic mass is 16.6. The summed E-state index contributed by atoms with van der Waals surface area (Å²) in [5.41, 5.74) is 1.64. The largest absolute Gasteiger partial charge is 0.444 e. The Morgan fingerprint density at radius 3 is 2.60 bits per heavy atom. The van der Waals surface area contributed by atoms with Gasteiger partial charge in [-0.25, -0.2) is 9.78 Å². The van der Waals surface area contributed by atoms with Gasteiger partial charge < -0.3 is 19.3 Å². The second-order valence-electron chi connectivity index (χ2n) is 7.78. The summed E-state index contributed by atoms with van der Waals surface area (Å²) in [6, 6.07) is 4.25. The van der Waals surface area contributed by atoms with Crippen LogP contribution in [0, 0.1) is 6.92 Å². The highest BCUT2D eigenvalue weighted by Crippen LogP contribution is 2.35. The third-order valence-electron chi connectivity index (χ3n) is 4.69. The van der Waals surface area contributed by atoms with Crippen LogP contribution in [0.4, 0.5) is 10.6 Å². The molecule has 25 heavy (non-hydrogen) atoms. The van der Waals surface area contributed by atoms with Crippen LogP contribution in [0.25, 0.3) is 0 Å². The fourth-order valence-electron chi connectivity index (χ4n) is 3.51. The number of carbonyl (C=O) groups excluding carboxylic acids is 1. The number of hydrogen-bond acceptors (Lipinski definition) is 5. The first-order valence-electron chi connectivity index (χ1n) is 9.15. The Labute approximate surface area is 150 Å². The van der Waals surface area contributed by atoms with Gasteiger partial charge in [-0.3, -0.25) is 0 Å². The number of amides is 1.